The molecule has 2 heterocycles. The molecule has 92 valence electrons. The van der Waals surface area contributed by atoms with Crippen LogP contribution in [0, 0.1) is 0 Å². The lowest BCUT2D eigenvalue weighted by Gasteiger charge is -2.31. The lowest BCUT2D eigenvalue weighted by molar-refractivity contribution is 0.0303. The number of aliphatic hydroxyl groups excluding tert-OH is 1. The fraction of sp³-hybridized carbons (Fsp3) is 0.909. The van der Waals surface area contributed by atoms with E-state index >= 15 is 0 Å². The van der Waals surface area contributed by atoms with Crippen LogP contribution in [0.25, 0.3) is 0 Å². The SMILES string of the molecule is O=C(OC1CCCNC1)N1CCC(O)CC1. The third kappa shape index (κ3) is 3.09. The van der Waals surface area contributed by atoms with Crippen LogP contribution in [0.5, 0.6) is 0 Å². The Morgan fingerprint density at radius 2 is 2.06 bits per heavy atom. The number of carbonyl (C=O) groups excluding carboxylic acids is 1. The Kier molecular flexibility index (Phi) is 4.01. The molecule has 5 heteroatoms. The summed E-state index contributed by atoms with van der Waals surface area (Å²) in [5, 5.41) is 12.6. The number of carbonyl (C=O) groups is 1. The fourth-order valence-electron chi connectivity index (χ4n) is 2.19. The van der Waals surface area contributed by atoms with Gasteiger partial charge in [0.2, 0.25) is 0 Å². The number of nitrogens with one attached hydrogen (secondary N) is 1. The molecule has 0 saturated carbocycles. The van der Waals surface area contributed by atoms with Gasteiger partial charge in [-0.1, -0.05) is 0 Å². The molecule has 0 aromatic heterocycles. The summed E-state index contributed by atoms with van der Waals surface area (Å²) in [4.78, 5) is 13.5. The van der Waals surface area contributed by atoms with Gasteiger partial charge in [-0.2, -0.15) is 0 Å². The van der Waals surface area contributed by atoms with Crippen LogP contribution in [0.2, 0.25) is 0 Å². The van der Waals surface area contributed by atoms with Gasteiger partial charge in [0.1, 0.15) is 6.10 Å². The number of amides is 1. The summed E-state index contributed by atoms with van der Waals surface area (Å²) in [7, 11) is 0. The number of likely N-dealkylation sites (tertiary alicyclic amines) is 1. The molecule has 1 amide bonds. The van der Waals surface area contributed by atoms with Crippen LogP contribution in [0.15, 0.2) is 0 Å². The van der Waals surface area contributed by atoms with Gasteiger partial charge < -0.3 is 20.1 Å². The van der Waals surface area contributed by atoms with Crippen LogP contribution in [0.1, 0.15) is 25.7 Å². The van der Waals surface area contributed by atoms with Crippen molar-refractivity contribution in [2.24, 2.45) is 0 Å². The lowest BCUT2D eigenvalue weighted by Crippen LogP contribution is -2.44. The highest BCUT2D eigenvalue weighted by molar-refractivity contribution is 5.68. The molecule has 5 nitrogen and oxygen atoms in total. The highest BCUT2D eigenvalue weighted by Crippen LogP contribution is 2.13. The molecule has 2 rings (SSSR count). The Morgan fingerprint density at radius 1 is 1.31 bits per heavy atom. The monoisotopic (exact) mass is 228 g/mol. The summed E-state index contributed by atoms with van der Waals surface area (Å²) in [5.74, 6) is 0. The zero-order chi connectivity index (χ0) is 11.4. The molecule has 2 saturated heterocycles. The molecule has 2 aliphatic heterocycles. The number of ether oxygens (including phenoxy) is 1. The number of rotatable bonds is 1. The van der Waals surface area contributed by atoms with Crippen molar-refractivity contribution in [2.75, 3.05) is 26.2 Å². The normalized spacial score (nSPS) is 27.8. The highest BCUT2D eigenvalue weighted by Gasteiger charge is 2.25. The van der Waals surface area contributed by atoms with E-state index in [9.17, 15) is 9.90 Å². The minimum Gasteiger partial charge on any atom is -0.445 e. The largest absolute Gasteiger partial charge is 0.445 e. The number of hydrogen-bond acceptors (Lipinski definition) is 4. The third-order valence-corrected chi connectivity index (χ3v) is 3.24. The number of aliphatic hydroxyl groups is 1. The summed E-state index contributed by atoms with van der Waals surface area (Å²) in [5.41, 5.74) is 0. The van der Waals surface area contributed by atoms with E-state index in [-0.39, 0.29) is 18.3 Å². The molecule has 0 radical (unpaired) electrons. The van der Waals surface area contributed by atoms with Crippen molar-refractivity contribution in [3.63, 3.8) is 0 Å². The molecule has 0 bridgehead atoms. The van der Waals surface area contributed by atoms with Gasteiger partial charge in [-0.05, 0) is 32.2 Å². The minimum absolute atomic E-state index is 0.0214. The molecule has 2 N–H and O–H groups in total. The number of nitrogens with zero attached hydrogens (tertiary/aromatic N) is 1. The van der Waals surface area contributed by atoms with Gasteiger partial charge in [-0.15, -0.1) is 0 Å². The van der Waals surface area contributed by atoms with Crippen molar-refractivity contribution in [1.82, 2.24) is 10.2 Å². The average Bonchev–Trinajstić information content (AvgIpc) is 2.31. The van der Waals surface area contributed by atoms with Crippen molar-refractivity contribution in [3.8, 4) is 0 Å². The van der Waals surface area contributed by atoms with Gasteiger partial charge in [0.15, 0.2) is 0 Å². The molecule has 2 aliphatic rings. The van der Waals surface area contributed by atoms with Crippen molar-refractivity contribution in [1.29, 1.82) is 0 Å². The standard InChI is InChI=1S/C11H20N2O3/c14-9-3-6-13(7-4-9)11(15)16-10-2-1-5-12-8-10/h9-10,12,14H,1-8H2. The molecular weight excluding hydrogens is 208 g/mol. The van der Waals surface area contributed by atoms with Gasteiger partial charge in [0.25, 0.3) is 0 Å². The van der Waals surface area contributed by atoms with Crippen molar-refractivity contribution in [2.45, 2.75) is 37.9 Å². The summed E-state index contributed by atoms with van der Waals surface area (Å²) < 4.78 is 5.41. The Balaban J connectivity index is 1.74. The predicted molar refractivity (Wildman–Crippen MR) is 59.2 cm³/mol. The van der Waals surface area contributed by atoms with E-state index in [1.54, 1.807) is 4.90 Å². The third-order valence-electron chi connectivity index (χ3n) is 3.24. The van der Waals surface area contributed by atoms with Gasteiger partial charge in [0.05, 0.1) is 6.10 Å². The zero-order valence-electron chi connectivity index (χ0n) is 9.52. The maximum Gasteiger partial charge on any atom is 0.410 e. The van der Waals surface area contributed by atoms with Gasteiger partial charge >= 0.3 is 6.09 Å². The molecule has 0 spiro atoms. The Labute approximate surface area is 95.8 Å². The van der Waals surface area contributed by atoms with E-state index in [2.05, 4.69) is 5.32 Å². The fourth-order valence-corrected chi connectivity index (χ4v) is 2.19. The second-order valence-electron chi connectivity index (χ2n) is 4.57. The first-order valence-corrected chi connectivity index (χ1v) is 6.10. The van der Waals surface area contributed by atoms with E-state index in [0.717, 1.165) is 25.9 Å². The number of hydrogen-bond donors (Lipinski definition) is 2. The highest BCUT2D eigenvalue weighted by atomic mass is 16.6. The predicted octanol–water partition coefficient (Wildman–Crippen LogP) is 0.332. The average molecular weight is 228 g/mol. The smallest absolute Gasteiger partial charge is 0.410 e. The topological polar surface area (TPSA) is 61.8 Å². The molecule has 1 unspecified atom stereocenters. The van der Waals surface area contributed by atoms with Crippen LogP contribution < -0.4 is 5.32 Å². The Morgan fingerprint density at radius 3 is 2.69 bits per heavy atom. The number of piperidine rings is 2. The van der Waals surface area contributed by atoms with Crippen molar-refractivity contribution >= 4 is 6.09 Å². The maximum absolute atomic E-state index is 11.8. The maximum atomic E-state index is 11.8. The van der Waals surface area contributed by atoms with Crippen molar-refractivity contribution < 1.29 is 14.6 Å². The lowest BCUT2D eigenvalue weighted by atomic mass is 10.1. The molecule has 2 fully saturated rings. The summed E-state index contributed by atoms with van der Waals surface area (Å²) in [6, 6.07) is 0. The van der Waals surface area contributed by atoms with Crippen LogP contribution >= 0.6 is 0 Å². The molecule has 16 heavy (non-hydrogen) atoms. The summed E-state index contributed by atoms with van der Waals surface area (Å²) in [6.45, 7) is 3.01. The van der Waals surface area contributed by atoms with Gasteiger partial charge in [-0.3, -0.25) is 0 Å². The first-order chi connectivity index (χ1) is 7.75. The second-order valence-corrected chi connectivity index (χ2v) is 4.57. The quantitative estimate of drug-likeness (QED) is 0.679. The van der Waals surface area contributed by atoms with E-state index in [4.69, 9.17) is 4.74 Å². The van der Waals surface area contributed by atoms with Gasteiger partial charge in [0, 0.05) is 19.6 Å². The Hall–Kier alpha value is -0.810. The first-order valence-electron chi connectivity index (χ1n) is 6.10. The van der Waals surface area contributed by atoms with E-state index in [0.29, 0.717) is 25.9 Å². The molecule has 1 atom stereocenters. The first kappa shape index (κ1) is 11.7. The van der Waals surface area contributed by atoms with Crippen molar-refractivity contribution in [3.05, 3.63) is 0 Å². The molecular formula is C11H20N2O3. The van der Waals surface area contributed by atoms with E-state index in [1.165, 1.54) is 0 Å². The molecule has 0 aromatic carbocycles. The summed E-state index contributed by atoms with van der Waals surface area (Å²) >= 11 is 0. The summed E-state index contributed by atoms with van der Waals surface area (Å²) in [6.07, 6.45) is 2.90. The molecule has 0 aliphatic carbocycles. The van der Waals surface area contributed by atoms with Crippen LogP contribution in [-0.4, -0.2) is 54.5 Å². The van der Waals surface area contributed by atoms with E-state index < -0.39 is 0 Å². The van der Waals surface area contributed by atoms with Crippen LogP contribution in [0.3, 0.4) is 0 Å². The minimum atomic E-state index is -0.250. The van der Waals surface area contributed by atoms with Crippen LogP contribution in [0.4, 0.5) is 4.79 Å². The Bertz CT molecular complexity index is 233. The zero-order valence-corrected chi connectivity index (χ0v) is 9.52. The molecule has 0 aromatic rings. The van der Waals surface area contributed by atoms with Crippen LogP contribution in [-0.2, 0) is 4.74 Å². The van der Waals surface area contributed by atoms with Gasteiger partial charge in [-0.25, -0.2) is 4.79 Å². The van der Waals surface area contributed by atoms with E-state index in [1.807, 2.05) is 0 Å². The second kappa shape index (κ2) is 5.50.